The Bertz CT molecular complexity index is 353. The molecule has 2 heterocycles. The molecule has 0 saturated carbocycles. The molecule has 2 amide bonds. The van der Waals surface area contributed by atoms with Gasteiger partial charge in [0.1, 0.15) is 0 Å². The number of hydrogen-bond acceptors (Lipinski definition) is 4. The number of amides is 2. The maximum atomic E-state index is 11.9. The summed E-state index contributed by atoms with van der Waals surface area (Å²) in [6, 6.07) is -0.148. The summed E-state index contributed by atoms with van der Waals surface area (Å²) in [5.74, 6) is 1.79. The summed E-state index contributed by atoms with van der Waals surface area (Å²) in [7, 11) is 0. The minimum absolute atomic E-state index is 0. The normalized spacial score (nSPS) is 27.3. The Hall–Kier alpha value is -0.460. The largest absolute Gasteiger partial charge is 0.350 e. The van der Waals surface area contributed by atoms with E-state index in [9.17, 15) is 9.59 Å². The highest BCUT2D eigenvalue weighted by Crippen LogP contribution is 2.22. The van der Waals surface area contributed by atoms with E-state index >= 15 is 0 Å². The van der Waals surface area contributed by atoms with Gasteiger partial charge < -0.3 is 10.2 Å². The van der Waals surface area contributed by atoms with Gasteiger partial charge in [0.05, 0.1) is 12.1 Å². The van der Waals surface area contributed by atoms with Gasteiger partial charge in [0.15, 0.2) is 0 Å². The number of nitrogens with zero attached hydrogens (tertiary/aromatic N) is 1. The molecule has 0 aromatic heterocycles. The number of hydrogen-bond donors (Lipinski definition) is 2. The molecule has 2 aliphatic heterocycles. The predicted molar refractivity (Wildman–Crippen MR) is 79.5 cm³/mol. The Balaban J connectivity index is 0.00000180. The molecule has 110 valence electrons. The Labute approximate surface area is 124 Å². The second kappa shape index (κ2) is 6.33. The van der Waals surface area contributed by atoms with Gasteiger partial charge in [-0.25, -0.2) is 0 Å². The van der Waals surface area contributed by atoms with Gasteiger partial charge in [-0.05, 0) is 20.8 Å². The van der Waals surface area contributed by atoms with Crippen LogP contribution >= 0.6 is 24.2 Å². The van der Waals surface area contributed by atoms with E-state index in [2.05, 4.69) is 10.6 Å². The Morgan fingerprint density at radius 3 is 2.63 bits per heavy atom. The molecule has 2 unspecified atom stereocenters. The highest BCUT2D eigenvalue weighted by atomic mass is 35.5. The number of thioether (sulfide) groups is 1. The molecule has 2 saturated heterocycles. The fourth-order valence-corrected chi connectivity index (χ4v) is 3.26. The number of carbonyl (C=O) groups is 2. The van der Waals surface area contributed by atoms with Gasteiger partial charge in [-0.1, -0.05) is 0 Å². The smallest absolute Gasteiger partial charge is 0.238 e. The number of nitrogens with one attached hydrogen (secondary N) is 2. The first-order chi connectivity index (χ1) is 8.38. The van der Waals surface area contributed by atoms with Crippen molar-refractivity contribution in [3.63, 3.8) is 0 Å². The highest BCUT2D eigenvalue weighted by Gasteiger charge is 2.37. The van der Waals surface area contributed by atoms with Crippen molar-refractivity contribution in [1.29, 1.82) is 0 Å². The van der Waals surface area contributed by atoms with Gasteiger partial charge in [-0.2, -0.15) is 0 Å². The second-order valence-electron chi connectivity index (χ2n) is 5.86. The van der Waals surface area contributed by atoms with Crippen molar-refractivity contribution in [3.8, 4) is 0 Å². The molecule has 0 bridgehead atoms. The third-order valence-corrected chi connectivity index (χ3v) is 4.25. The number of carbonyl (C=O) groups excluding carboxylic acids is 2. The van der Waals surface area contributed by atoms with Crippen molar-refractivity contribution in [1.82, 2.24) is 15.5 Å². The van der Waals surface area contributed by atoms with Crippen LogP contribution in [0.2, 0.25) is 0 Å². The van der Waals surface area contributed by atoms with E-state index < -0.39 is 0 Å². The van der Waals surface area contributed by atoms with Crippen LogP contribution in [0.1, 0.15) is 27.2 Å². The molecule has 2 N–H and O–H groups in total. The lowest BCUT2D eigenvalue weighted by molar-refractivity contribution is -0.131. The van der Waals surface area contributed by atoms with Crippen molar-refractivity contribution in [2.75, 3.05) is 18.2 Å². The maximum absolute atomic E-state index is 11.9. The first-order valence-electron chi connectivity index (χ1n) is 6.30. The summed E-state index contributed by atoms with van der Waals surface area (Å²) < 4.78 is 0. The lowest BCUT2D eigenvalue weighted by Gasteiger charge is -2.32. The van der Waals surface area contributed by atoms with E-state index in [-0.39, 0.29) is 41.8 Å². The molecule has 0 aromatic rings. The molecular formula is C12H22ClN3O2S. The molecule has 0 radical (unpaired) electrons. The molecule has 0 aromatic carbocycles. The fraction of sp³-hybridized carbons (Fsp3) is 0.833. The lowest BCUT2D eigenvalue weighted by atomic mass is 10.1. The van der Waals surface area contributed by atoms with Crippen LogP contribution in [-0.2, 0) is 9.59 Å². The summed E-state index contributed by atoms with van der Waals surface area (Å²) >= 11 is 1.72. The number of likely N-dealkylation sites (tertiary alicyclic amines) is 1. The SMILES string of the molecule is CC(C)(C)N1CC(NC(=O)C2CSCN2)CC1=O.Cl. The summed E-state index contributed by atoms with van der Waals surface area (Å²) in [5, 5.41) is 6.11. The van der Waals surface area contributed by atoms with Crippen LogP contribution in [0.4, 0.5) is 0 Å². The molecule has 7 heteroatoms. The van der Waals surface area contributed by atoms with Crippen molar-refractivity contribution in [2.24, 2.45) is 0 Å². The first-order valence-corrected chi connectivity index (χ1v) is 7.45. The molecule has 2 atom stereocenters. The Morgan fingerprint density at radius 2 is 2.16 bits per heavy atom. The highest BCUT2D eigenvalue weighted by molar-refractivity contribution is 7.99. The van der Waals surface area contributed by atoms with Gasteiger partial charge >= 0.3 is 0 Å². The minimum atomic E-state index is -0.169. The topological polar surface area (TPSA) is 61.4 Å². The van der Waals surface area contributed by atoms with Crippen molar-refractivity contribution >= 4 is 36.0 Å². The molecular weight excluding hydrogens is 286 g/mol. The third-order valence-electron chi connectivity index (χ3n) is 3.31. The van der Waals surface area contributed by atoms with Gasteiger partial charge in [0, 0.05) is 30.1 Å². The van der Waals surface area contributed by atoms with Crippen molar-refractivity contribution in [3.05, 3.63) is 0 Å². The zero-order valence-electron chi connectivity index (χ0n) is 11.6. The second-order valence-corrected chi connectivity index (χ2v) is 6.89. The molecule has 0 aliphatic carbocycles. The van der Waals surface area contributed by atoms with E-state index in [1.54, 1.807) is 11.8 Å². The summed E-state index contributed by atoms with van der Waals surface area (Å²) in [5.41, 5.74) is -0.169. The van der Waals surface area contributed by atoms with Crippen LogP contribution in [-0.4, -0.2) is 52.5 Å². The first kappa shape index (κ1) is 16.6. The Kier molecular flexibility index (Phi) is 5.53. The van der Waals surface area contributed by atoms with Gasteiger partial charge in [0.25, 0.3) is 0 Å². The van der Waals surface area contributed by atoms with Crippen LogP contribution in [0.25, 0.3) is 0 Å². The van der Waals surface area contributed by atoms with Crippen molar-refractivity contribution in [2.45, 2.75) is 44.8 Å². The molecule has 19 heavy (non-hydrogen) atoms. The van der Waals surface area contributed by atoms with Gasteiger partial charge in [-0.3, -0.25) is 14.9 Å². The molecule has 5 nitrogen and oxygen atoms in total. The van der Waals surface area contributed by atoms with E-state index in [1.807, 2.05) is 25.7 Å². The lowest BCUT2D eigenvalue weighted by Crippen LogP contribution is -2.48. The summed E-state index contributed by atoms with van der Waals surface area (Å²) in [4.78, 5) is 25.7. The van der Waals surface area contributed by atoms with Crippen molar-refractivity contribution < 1.29 is 9.59 Å². The van der Waals surface area contributed by atoms with Crippen LogP contribution < -0.4 is 10.6 Å². The number of rotatable bonds is 2. The molecule has 2 aliphatic rings. The van der Waals surface area contributed by atoms with Crippen LogP contribution in [0.3, 0.4) is 0 Å². The quantitative estimate of drug-likeness (QED) is 0.784. The van der Waals surface area contributed by atoms with Crippen LogP contribution in [0.15, 0.2) is 0 Å². The summed E-state index contributed by atoms with van der Waals surface area (Å²) in [6.45, 7) is 6.67. The zero-order valence-corrected chi connectivity index (χ0v) is 13.2. The van der Waals surface area contributed by atoms with Crippen LogP contribution in [0, 0.1) is 0 Å². The average Bonchev–Trinajstić information content (AvgIpc) is 2.85. The number of halogens is 1. The van der Waals surface area contributed by atoms with Gasteiger partial charge in [-0.15, -0.1) is 24.2 Å². The average molecular weight is 308 g/mol. The van der Waals surface area contributed by atoms with Gasteiger partial charge in [0.2, 0.25) is 11.8 Å². The Morgan fingerprint density at radius 1 is 1.47 bits per heavy atom. The monoisotopic (exact) mass is 307 g/mol. The van der Waals surface area contributed by atoms with E-state index in [4.69, 9.17) is 0 Å². The standard InChI is InChI=1S/C12H21N3O2S.ClH/c1-12(2,3)15-5-8(4-10(15)16)14-11(17)9-6-18-7-13-9;/h8-9,13H,4-7H2,1-3H3,(H,14,17);1H. The third kappa shape index (κ3) is 4.00. The van der Waals surface area contributed by atoms with E-state index in [1.165, 1.54) is 0 Å². The molecule has 2 rings (SSSR count). The minimum Gasteiger partial charge on any atom is -0.350 e. The zero-order chi connectivity index (χ0) is 13.3. The van der Waals surface area contributed by atoms with E-state index in [0.717, 1.165) is 11.6 Å². The fourth-order valence-electron chi connectivity index (χ4n) is 2.32. The maximum Gasteiger partial charge on any atom is 0.238 e. The predicted octanol–water partition coefficient (Wildman–Crippen LogP) is 0.586. The summed E-state index contributed by atoms with van der Waals surface area (Å²) in [6.07, 6.45) is 0.420. The van der Waals surface area contributed by atoms with E-state index in [0.29, 0.717) is 13.0 Å². The molecule has 2 fully saturated rings. The van der Waals surface area contributed by atoms with Crippen LogP contribution in [0.5, 0.6) is 0 Å². The molecule has 0 spiro atoms.